The summed E-state index contributed by atoms with van der Waals surface area (Å²) in [6.45, 7) is 9.97. The van der Waals surface area contributed by atoms with Crippen molar-refractivity contribution in [3.8, 4) is 16.9 Å². The lowest BCUT2D eigenvalue weighted by molar-refractivity contribution is -0.0361. The van der Waals surface area contributed by atoms with Gasteiger partial charge in [0, 0.05) is 29.1 Å². The summed E-state index contributed by atoms with van der Waals surface area (Å²) < 4.78 is 12.2. The Morgan fingerprint density at radius 3 is 2.77 bits per heavy atom. The summed E-state index contributed by atoms with van der Waals surface area (Å²) in [5.41, 5.74) is 5.11. The molecule has 1 amide bonds. The lowest BCUT2D eigenvalue weighted by atomic mass is 9.78. The molecule has 6 heteroatoms. The zero-order valence-electron chi connectivity index (χ0n) is 20.7. The Balaban J connectivity index is 1.27. The number of rotatable bonds is 3. The van der Waals surface area contributed by atoms with Crippen molar-refractivity contribution in [1.29, 1.82) is 0 Å². The molecule has 2 atom stereocenters. The van der Waals surface area contributed by atoms with Crippen LogP contribution in [0.3, 0.4) is 0 Å². The monoisotopic (exact) mass is 471 g/mol. The minimum Gasteiger partial charge on any atom is -0.493 e. The summed E-state index contributed by atoms with van der Waals surface area (Å²) in [4.78, 5) is 20.0. The second-order valence-electron chi connectivity index (χ2n) is 11.0. The number of aromatic nitrogens is 1. The summed E-state index contributed by atoms with van der Waals surface area (Å²) in [5, 5.41) is 4.32. The first-order valence-electron chi connectivity index (χ1n) is 12.7. The number of hydrogen-bond donors (Lipinski definition) is 1. The Bertz CT molecular complexity index is 1280. The molecule has 0 radical (unpaired) electrons. The van der Waals surface area contributed by atoms with E-state index in [1.54, 1.807) is 0 Å². The minimum atomic E-state index is -0.325. The predicted octanol–water partition coefficient (Wildman–Crippen LogP) is 5.49. The molecule has 0 aliphatic carbocycles. The maximum Gasteiger partial charge on any atom is 0.407 e. The van der Waals surface area contributed by atoms with Gasteiger partial charge in [-0.25, -0.2) is 4.79 Å². The molecule has 2 bridgehead atoms. The van der Waals surface area contributed by atoms with Crippen LogP contribution in [0.4, 0.5) is 4.79 Å². The van der Waals surface area contributed by atoms with Crippen molar-refractivity contribution in [3.63, 3.8) is 0 Å². The van der Waals surface area contributed by atoms with Crippen molar-refractivity contribution < 1.29 is 14.3 Å². The van der Waals surface area contributed by atoms with E-state index in [1.807, 2.05) is 12.3 Å². The van der Waals surface area contributed by atoms with Crippen molar-refractivity contribution in [2.24, 2.45) is 11.3 Å². The van der Waals surface area contributed by atoms with Gasteiger partial charge < -0.3 is 14.8 Å². The van der Waals surface area contributed by atoms with Crippen LogP contribution in [0.25, 0.3) is 22.0 Å². The number of carbonyl (C=O) groups excluding carboxylic acids is 1. The number of carbonyl (C=O) groups is 1. The van der Waals surface area contributed by atoms with Gasteiger partial charge in [-0.2, -0.15) is 0 Å². The molecule has 3 aromatic rings. The van der Waals surface area contributed by atoms with Crippen molar-refractivity contribution in [1.82, 2.24) is 15.2 Å². The molecular weight excluding hydrogens is 438 g/mol. The third kappa shape index (κ3) is 4.04. The van der Waals surface area contributed by atoms with E-state index >= 15 is 0 Å². The van der Waals surface area contributed by atoms with Crippen molar-refractivity contribution >= 4 is 17.0 Å². The van der Waals surface area contributed by atoms with Gasteiger partial charge in [-0.15, -0.1) is 0 Å². The van der Waals surface area contributed by atoms with Gasteiger partial charge in [0.15, 0.2) is 0 Å². The summed E-state index contributed by atoms with van der Waals surface area (Å²) in [5.74, 6) is 1.30. The summed E-state index contributed by atoms with van der Waals surface area (Å²) in [6, 6.07) is 14.5. The van der Waals surface area contributed by atoms with E-state index in [2.05, 4.69) is 72.4 Å². The maximum atomic E-state index is 13.0. The van der Waals surface area contributed by atoms with Crippen molar-refractivity contribution in [3.05, 3.63) is 59.8 Å². The van der Waals surface area contributed by atoms with E-state index in [0.717, 1.165) is 71.4 Å². The van der Waals surface area contributed by atoms with Gasteiger partial charge in [0.05, 0.1) is 18.2 Å². The second-order valence-corrected chi connectivity index (χ2v) is 11.0. The van der Waals surface area contributed by atoms with E-state index in [0.29, 0.717) is 12.5 Å². The quantitative estimate of drug-likeness (QED) is 0.547. The van der Waals surface area contributed by atoms with E-state index in [4.69, 9.17) is 9.47 Å². The molecule has 0 spiro atoms. The highest BCUT2D eigenvalue weighted by atomic mass is 16.6. The number of pyridine rings is 1. The molecule has 1 N–H and O–H groups in total. The maximum absolute atomic E-state index is 13.0. The van der Waals surface area contributed by atoms with Crippen molar-refractivity contribution in [2.75, 3.05) is 26.2 Å². The molecule has 0 saturated carbocycles. The number of fused-ring (bicyclic) bond motifs is 5. The topological polar surface area (TPSA) is 63.7 Å². The van der Waals surface area contributed by atoms with Crippen LogP contribution < -0.4 is 10.1 Å². The molecule has 1 aromatic heterocycles. The smallest absolute Gasteiger partial charge is 0.407 e. The van der Waals surface area contributed by atoms with Crippen molar-refractivity contribution in [2.45, 2.75) is 45.8 Å². The van der Waals surface area contributed by atoms with Crippen LogP contribution in [-0.2, 0) is 4.74 Å². The largest absolute Gasteiger partial charge is 0.493 e. The highest BCUT2D eigenvalue weighted by Gasteiger charge is 2.41. The fraction of sp³-hybridized carbons (Fsp3) is 0.448. The average Bonchev–Trinajstić information content (AvgIpc) is 2.87. The van der Waals surface area contributed by atoms with Gasteiger partial charge in [-0.05, 0) is 67.6 Å². The number of aryl methyl sites for hydroxylation is 1. The van der Waals surface area contributed by atoms with Gasteiger partial charge in [0.1, 0.15) is 11.9 Å². The van der Waals surface area contributed by atoms with Gasteiger partial charge in [0.25, 0.3) is 0 Å². The van der Waals surface area contributed by atoms with Crippen LogP contribution in [0.1, 0.15) is 43.9 Å². The van der Waals surface area contributed by atoms with Gasteiger partial charge in [0.2, 0.25) is 0 Å². The van der Waals surface area contributed by atoms with Crippen LogP contribution in [0.15, 0.2) is 48.7 Å². The number of amides is 1. The van der Waals surface area contributed by atoms with Crippen LogP contribution >= 0.6 is 0 Å². The zero-order valence-corrected chi connectivity index (χ0v) is 20.7. The number of nitrogens with zero attached hydrogens (tertiary/aromatic N) is 2. The van der Waals surface area contributed by atoms with Gasteiger partial charge in [-0.1, -0.05) is 44.2 Å². The average molecular weight is 472 g/mol. The number of alkyl carbamates (subject to hydrolysis) is 1. The zero-order chi connectivity index (χ0) is 24.2. The molecular formula is C29H33N3O3. The highest BCUT2D eigenvalue weighted by Crippen LogP contribution is 2.45. The van der Waals surface area contributed by atoms with E-state index < -0.39 is 0 Å². The number of piperidine rings is 3. The number of benzene rings is 2. The molecule has 6 nitrogen and oxygen atoms in total. The third-order valence-corrected chi connectivity index (χ3v) is 8.10. The second kappa shape index (κ2) is 8.52. The lowest BCUT2D eigenvalue weighted by Crippen LogP contribution is -2.53. The normalized spacial score (nSPS) is 26.6. The summed E-state index contributed by atoms with van der Waals surface area (Å²) in [6.07, 6.45) is 3.74. The molecule has 35 heavy (non-hydrogen) atoms. The van der Waals surface area contributed by atoms with Gasteiger partial charge >= 0.3 is 6.09 Å². The van der Waals surface area contributed by atoms with Crippen LogP contribution in [-0.4, -0.2) is 48.3 Å². The van der Waals surface area contributed by atoms with E-state index in [9.17, 15) is 4.79 Å². The highest BCUT2D eigenvalue weighted by molar-refractivity contribution is 5.96. The fourth-order valence-electron chi connectivity index (χ4n) is 6.01. The molecule has 4 aliphatic rings. The first kappa shape index (κ1) is 22.4. The molecule has 3 fully saturated rings. The van der Waals surface area contributed by atoms with Crippen LogP contribution in [0, 0.1) is 18.3 Å². The number of nitrogens with one attached hydrogen (secondary N) is 1. The van der Waals surface area contributed by atoms with E-state index in [-0.39, 0.29) is 23.7 Å². The first-order valence-corrected chi connectivity index (χ1v) is 12.7. The Labute approximate surface area is 206 Å². The van der Waals surface area contributed by atoms with Crippen LogP contribution in [0.5, 0.6) is 5.75 Å². The fourth-order valence-corrected chi connectivity index (χ4v) is 6.01. The molecule has 2 aromatic carbocycles. The molecule has 7 rings (SSSR count). The van der Waals surface area contributed by atoms with Crippen LogP contribution in [0.2, 0.25) is 0 Å². The van der Waals surface area contributed by atoms with E-state index in [1.165, 1.54) is 0 Å². The predicted molar refractivity (Wildman–Crippen MR) is 137 cm³/mol. The Morgan fingerprint density at radius 2 is 2.00 bits per heavy atom. The third-order valence-electron chi connectivity index (χ3n) is 8.10. The molecule has 5 heterocycles. The molecule has 4 aliphatic heterocycles. The van der Waals surface area contributed by atoms with Gasteiger partial charge in [-0.3, -0.25) is 9.88 Å². The molecule has 3 saturated heterocycles. The SMILES string of the molecule is Cc1ccc(-c2ccc3c(c2)OCC(C)(C)C3NC(=O)O[C@@H]2CN3CCC2CC3)c2cccnc12. The first-order chi connectivity index (χ1) is 16.9. The molecule has 1 unspecified atom stereocenters. The number of ether oxygens (including phenoxy) is 2. The Kier molecular flexibility index (Phi) is 5.44. The Morgan fingerprint density at radius 1 is 1.17 bits per heavy atom. The summed E-state index contributed by atoms with van der Waals surface area (Å²) in [7, 11) is 0. The minimum absolute atomic E-state index is 0.00859. The Hall–Kier alpha value is -3.12. The standard InChI is InChI=1S/C29H33N3O3/c1-18-6-8-21(22-5-4-12-30-26(18)22)20-7-9-23-24(15-20)34-17-29(2,3)27(23)31-28(33)35-25-16-32-13-10-19(25)11-14-32/h4-9,12,15,19,25,27H,10-11,13-14,16-17H2,1-3H3,(H,31,33)/t25-,27?/m1/s1. The molecule has 182 valence electrons. The number of hydrogen-bond acceptors (Lipinski definition) is 5. The lowest BCUT2D eigenvalue weighted by Gasteiger charge is -2.44. The summed E-state index contributed by atoms with van der Waals surface area (Å²) >= 11 is 0.